The Morgan fingerprint density at radius 1 is 1.10 bits per heavy atom. The fraction of sp³-hybridized carbons (Fsp3) is 0.667. The van der Waals surface area contributed by atoms with Crippen LogP contribution in [0.15, 0.2) is 24.3 Å². The van der Waals surface area contributed by atoms with Crippen LogP contribution in [0.3, 0.4) is 0 Å². The second kappa shape index (κ2) is 5.87. The lowest BCUT2D eigenvalue weighted by Crippen LogP contribution is -2.54. The molecular formula is C18H27NO. The number of benzene rings is 1. The van der Waals surface area contributed by atoms with Crippen LogP contribution in [0.2, 0.25) is 0 Å². The van der Waals surface area contributed by atoms with Crippen molar-refractivity contribution >= 4 is 0 Å². The van der Waals surface area contributed by atoms with Crippen molar-refractivity contribution in [3.05, 3.63) is 35.4 Å². The van der Waals surface area contributed by atoms with Crippen molar-refractivity contribution in [3.8, 4) is 0 Å². The lowest BCUT2D eigenvalue weighted by atomic mass is 9.84. The highest BCUT2D eigenvalue weighted by molar-refractivity contribution is 5.27. The van der Waals surface area contributed by atoms with Gasteiger partial charge in [-0.3, -0.25) is 4.90 Å². The summed E-state index contributed by atoms with van der Waals surface area (Å²) in [5, 5.41) is 11.0. The summed E-state index contributed by atoms with van der Waals surface area (Å²) in [6.45, 7) is 4.52. The molecule has 0 spiro atoms. The Morgan fingerprint density at radius 2 is 1.75 bits per heavy atom. The van der Waals surface area contributed by atoms with Gasteiger partial charge in [0.15, 0.2) is 0 Å². The van der Waals surface area contributed by atoms with Gasteiger partial charge in [0.25, 0.3) is 0 Å². The van der Waals surface area contributed by atoms with Gasteiger partial charge in [-0.15, -0.1) is 0 Å². The van der Waals surface area contributed by atoms with Crippen LogP contribution in [0.25, 0.3) is 0 Å². The summed E-state index contributed by atoms with van der Waals surface area (Å²) in [5.41, 5.74) is 2.69. The van der Waals surface area contributed by atoms with Crippen molar-refractivity contribution < 1.29 is 5.11 Å². The van der Waals surface area contributed by atoms with Gasteiger partial charge in [0.1, 0.15) is 0 Å². The van der Waals surface area contributed by atoms with Crippen molar-refractivity contribution in [1.29, 1.82) is 0 Å². The molecular weight excluding hydrogens is 246 g/mol. The van der Waals surface area contributed by atoms with Gasteiger partial charge in [0.05, 0.1) is 6.10 Å². The molecule has 1 aliphatic carbocycles. The molecule has 1 N–H and O–H groups in total. The summed E-state index contributed by atoms with van der Waals surface area (Å²) in [6, 6.07) is 8.49. The van der Waals surface area contributed by atoms with E-state index in [0.717, 1.165) is 6.42 Å². The van der Waals surface area contributed by atoms with E-state index < -0.39 is 0 Å². The smallest absolute Gasteiger partial charge is 0.0764 e. The molecule has 1 aromatic rings. The van der Waals surface area contributed by atoms with Gasteiger partial charge >= 0.3 is 0 Å². The molecule has 2 heteroatoms. The van der Waals surface area contributed by atoms with Crippen molar-refractivity contribution in [1.82, 2.24) is 4.90 Å². The van der Waals surface area contributed by atoms with Crippen LogP contribution in [-0.4, -0.2) is 34.7 Å². The fourth-order valence-electron chi connectivity index (χ4n) is 4.25. The molecule has 2 nitrogen and oxygen atoms in total. The molecule has 1 saturated carbocycles. The van der Waals surface area contributed by atoms with E-state index in [2.05, 4.69) is 36.1 Å². The minimum Gasteiger partial charge on any atom is -0.391 e. The molecule has 1 saturated heterocycles. The third kappa shape index (κ3) is 2.51. The van der Waals surface area contributed by atoms with Gasteiger partial charge in [0, 0.05) is 12.0 Å². The van der Waals surface area contributed by atoms with Crippen LogP contribution in [0.4, 0.5) is 0 Å². The summed E-state index contributed by atoms with van der Waals surface area (Å²) in [6.07, 6.45) is 8.12. The van der Waals surface area contributed by atoms with Crippen molar-refractivity contribution in [2.75, 3.05) is 13.1 Å². The van der Waals surface area contributed by atoms with Gasteiger partial charge in [-0.2, -0.15) is 0 Å². The first kappa shape index (κ1) is 14.1. The van der Waals surface area contributed by atoms with E-state index >= 15 is 0 Å². The summed E-state index contributed by atoms with van der Waals surface area (Å²) >= 11 is 0. The number of hydrogen-bond donors (Lipinski definition) is 1. The van der Waals surface area contributed by atoms with Crippen LogP contribution in [0.5, 0.6) is 0 Å². The Morgan fingerprint density at radius 3 is 2.40 bits per heavy atom. The molecule has 1 aliphatic heterocycles. The molecule has 0 radical (unpaired) electrons. The molecule has 20 heavy (non-hydrogen) atoms. The Labute approximate surface area is 122 Å². The highest BCUT2D eigenvalue weighted by atomic mass is 16.3. The molecule has 110 valence electrons. The van der Waals surface area contributed by atoms with Gasteiger partial charge in [-0.05, 0) is 56.8 Å². The van der Waals surface area contributed by atoms with E-state index in [-0.39, 0.29) is 11.6 Å². The van der Waals surface area contributed by atoms with Crippen molar-refractivity contribution in [2.24, 2.45) is 0 Å². The minimum absolute atomic E-state index is 0.0682. The van der Waals surface area contributed by atoms with E-state index in [4.69, 9.17) is 0 Å². The Kier molecular flexibility index (Phi) is 4.13. The van der Waals surface area contributed by atoms with Crippen LogP contribution < -0.4 is 0 Å². The van der Waals surface area contributed by atoms with E-state index in [1.165, 1.54) is 62.7 Å². The Bertz CT molecular complexity index is 444. The number of nitrogens with zero attached hydrogens (tertiary/aromatic N) is 1. The normalized spacial score (nSPS) is 24.1. The van der Waals surface area contributed by atoms with Gasteiger partial charge in [-0.25, -0.2) is 0 Å². The fourth-order valence-corrected chi connectivity index (χ4v) is 4.25. The summed E-state index contributed by atoms with van der Waals surface area (Å²) in [4.78, 5) is 2.60. The lowest BCUT2D eigenvalue weighted by Gasteiger charge is -2.43. The van der Waals surface area contributed by atoms with E-state index in [1.54, 1.807) is 0 Å². The summed E-state index contributed by atoms with van der Waals surface area (Å²) < 4.78 is 0. The molecule has 2 aliphatic rings. The van der Waals surface area contributed by atoms with Gasteiger partial charge < -0.3 is 5.11 Å². The first-order valence-corrected chi connectivity index (χ1v) is 8.20. The molecule has 2 fully saturated rings. The van der Waals surface area contributed by atoms with Crippen LogP contribution >= 0.6 is 0 Å². The molecule has 1 aromatic carbocycles. The number of aryl methyl sites for hydroxylation is 1. The largest absolute Gasteiger partial charge is 0.391 e. The monoisotopic (exact) mass is 273 g/mol. The van der Waals surface area contributed by atoms with Crippen molar-refractivity contribution in [2.45, 2.75) is 63.5 Å². The van der Waals surface area contributed by atoms with Crippen LogP contribution in [0.1, 0.15) is 49.7 Å². The predicted molar refractivity (Wildman–Crippen MR) is 82.9 cm³/mol. The maximum absolute atomic E-state index is 11.0. The third-order valence-electron chi connectivity index (χ3n) is 5.50. The quantitative estimate of drug-likeness (QED) is 0.910. The number of aliphatic hydroxyl groups excluding tert-OH is 1. The molecule has 0 aromatic heterocycles. The number of aliphatic hydroxyl groups is 1. The van der Waals surface area contributed by atoms with E-state index in [0.29, 0.717) is 0 Å². The highest BCUT2D eigenvalue weighted by Crippen LogP contribution is 2.41. The topological polar surface area (TPSA) is 23.5 Å². The number of likely N-dealkylation sites (tertiary alicyclic amines) is 1. The molecule has 1 atom stereocenters. The zero-order valence-electron chi connectivity index (χ0n) is 12.6. The van der Waals surface area contributed by atoms with Crippen molar-refractivity contribution in [3.63, 3.8) is 0 Å². The zero-order valence-corrected chi connectivity index (χ0v) is 12.6. The second-order valence-corrected chi connectivity index (χ2v) is 6.65. The Balaban J connectivity index is 1.79. The molecule has 1 unspecified atom stereocenters. The molecule has 1 heterocycles. The number of hydrogen-bond acceptors (Lipinski definition) is 2. The average Bonchev–Trinajstić information content (AvgIpc) is 3.12. The molecule has 0 bridgehead atoms. The third-order valence-corrected chi connectivity index (χ3v) is 5.50. The highest BCUT2D eigenvalue weighted by Gasteiger charge is 2.45. The van der Waals surface area contributed by atoms with Crippen LogP contribution in [-0.2, 0) is 6.42 Å². The summed E-state index contributed by atoms with van der Waals surface area (Å²) in [5.74, 6) is 0. The minimum atomic E-state index is -0.218. The first-order valence-electron chi connectivity index (χ1n) is 8.20. The standard InChI is InChI=1S/C18H27NO/c1-15-8-2-3-9-16(15)14-17(20)18(10-4-5-11-18)19-12-6-7-13-19/h2-3,8-9,17,20H,4-7,10-14H2,1H3. The van der Waals surface area contributed by atoms with Gasteiger partial charge in [0.2, 0.25) is 0 Å². The maximum Gasteiger partial charge on any atom is 0.0764 e. The average molecular weight is 273 g/mol. The first-order chi connectivity index (χ1) is 9.72. The van der Waals surface area contributed by atoms with E-state index in [1.807, 2.05) is 0 Å². The summed E-state index contributed by atoms with van der Waals surface area (Å²) in [7, 11) is 0. The van der Waals surface area contributed by atoms with Crippen LogP contribution in [0, 0.1) is 6.92 Å². The van der Waals surface area contributed by atoms with Gasteiger partial charge in [-0.1, -0.05) is 37.1 Å². The molecule has 0 amide bonds. The van der Waals surface area contributed by atoms with E-state index in [9.17, 15) is 5.11 Å². The Hall–Kier alpha value is -0.860. The predicted octanol–water partition coefficient (Wildman–Crippen LogP) is 3.31. The second-order valence-electron chi connectivity index (χ2n) is 6.65. The molecule has 3 rings (SSSR count). The zero-order chi connectivity index (χ0) is 14.0. The maximum atomic E-state index is 11.0. The lowest BCUT2D eigenvalue weighted by molar-refractivity contribution is -0.0172. The number of rotatable bonds is 4. The SMILES string of the molecule is Cc1ccccc1CC(O)C1(N2CCCC2)CCCC1.